The molecular formula is C19H31N3OSi. The summed E-state index contributed by atoms with van der Waals surface area (Å²) in [4.78, 5) is 0. The predicted molar refractivity (Wildman–Crippen MR) is 104 cm³/mol. The molecule has 132 valence electrons. The van der Waals surface area contributed by atoms with Crippen molar-refractivity contribution in [1.29, 1.82) is 0 Å². The van der Waals surface area contributed by atoms with Crippen molar-refractivity contribution in [2.75, 3.05) is 5.73 Å². The lowest BCUT2D eigenvalue weighted by molar-refractivity contribution is 0.311. The molecule has 5 heteroatoms. The van der Waals surface area contributed by atoms with E-state index in [4.69, 9.17) is 10.2 Å². The van der Waals surface area contributed by atoms with Gasteiger partial charge in [-0.05, 0) is 29.2 Å². The van der Waals surface area contributed by atoms with E-state index in [1.54, 1.807) is 0 Å². The highest BCUT2D eigenvalue weighted by atomic mass is 28.2. The van der Waals surface area contributed by atoms with E-state index < -0.39 is 9.76 Å². The second kappa shape index (κ2) is 7.11. The topological polar surface area (TPSA) is 53.1 Å². The Bertz CT molecular complexity index is 681. The molecule has 0 saturated carbocycles. The number of rotatable bonds is 5. The van der Waals surface area contributed by atoms with Crippen LogP contribution in [0, 0.1) is 5.41 Å². The zero-order valence-electron chi connectivity index (χ0n) is 15.9. The van der Waals surface area contributed by atoms with Crippen LogP contribution >= 0.6 is 0 Å². The van der Waals surface area contributed by atoms with Gasteiger partial charge in [0.1, 0.15) is 5.82 Å². The summed E-state index contributed by atoms with van der Waals surface area (Å²) in [5.74, 6) is 0.667. The summed E-state index contributed by atoms with van der Waals surface area (Å²) >= 11 is 0. The summed E-state index contributed by atoms with van der Waals surface area (Å²) in [6, 6.07) is 11.4. The van der Waals surface area contributed by atoms with Crippen molar-refractivity contribution in [2.45, 2.75) is 59.6 Å². The summed E-state index contributed by atoms with van der Waals surface area (Å²) in [5.41, 5.74) is 9.67. The quantitative estimate of drug-likeness (QED) is 0.662. The highest BCUT2D eigenvalue weighted by Gasteiger charge is 2.19. The smallest absolute Gasteiger partial charge is 0.162 e. The van der Waals surface area contributed by atoms with Crippen LogP contribution in [0.2, 0.25) is 6.04 Å². The molecular weight excluding hydrogens is 314 g/mol. The maximum Gasteiger partial charge on any atom is 0.162 e. The summed E-state index contributed by atoms with van der Waals surface area (Å²) in [6.07, 6.45) is 0. The molecule has 24 heavy (non-hydrogen) atoms. The van der Waals surface area contributed by atoms with Gasteiger partial charge >= 0.3 is 0 Å². The van der Waals surface area contributed by atoms with Gasteiger partial charge in [0.25, 0.3) is 0 Å². The number of nitrogens with zero attached hydrogens (tertiary/aromatic N) is 2. The number of nitrogen functional groups attached to an aromatic ring is 1. The van der Waals surface area contributed by atoms with E-state index in [1.807, 2.05) is 22.9 Å². The predicted octanol–water partition coefficient (Wildman–Crippen LogP) is 3.82. The van der Waals surface area contributed by atoms with Crippen molar-refractivity contribution >= 4 is 15.6 Å². The van der Waals surface area contributed by atoms with Crippen LogP contribution in [0.15, 0.2) is 30.3 Å². The molecule has 1 heterocycles. The molecule has 0 atom stereocenters. The Morgan fingerprint density at radius 2 is 1.83 bits per heavy atom. The van der Waals surface area contributed by atoms with Gasteiger partial charge in [-0.1, -0.05) is 53.7 Å². The fraction of sp³-hybridized carbons (Fsp3) is 0.526. The molecule has 0 spiro atoms. The van der Waals surface area contributed by atoms with Gasteiger partial charge in [-0.2, -0.15) is 5.10 Å². The van der Waals surface area contributed by atoms with Crippen LogP contribution in [0.5, 0.6) is 0 Å². The van der Waals surface area contributed by atoms with E-state index in [2.05, 4.69) is 58.8 Å². The molecule has 1 aromatic carbocycles. The first-order valence-electron chi connectivity index (χ1n) is 8.59. The lowest BCUT2D eigenvalue weighted by atomic mass is 9.92. The number of hydrogen-bond acceptors (Lipinski definition) is 3. The Hall–Kier alpha value is -1.59. The van der Waals surface area contributed by atoms with Crippen molar-refractivity contribution in [3.63, 3.8) is 0 Å². The average molecular weight is 346 g/mol. The Labute approximate surface area is 148 Å². The van der Waals surface area contributed by atoms with Gasteiger partial charge in [-0.3, -0.25) is 0 Å². The van der Waals surface area contributed by atoms with Crippen LogP contribution in [-0.2, 0) is 16.4 Å². The van der Waals surface area contributed by atoms with Crippen molar-refractivity contribution in [1.82, 2.24) is 9.78 Å². The van der Waals surface area contributed by atoms with E-state index in [9.17, 15) is 0 Å². The molecule has 2 aromatic rings. The molecule has 0 unspecified atom stereocenters. The molecule has 0 aliphatic heterocycles. The zero-order chi connectivity index (χ0) is 18.0. The highest BCUT2D eigenvalue weighted by molar-refractivity contribution is 6.27. The number of aromatic nitrogens is 2. The summed E-state index contributed by atoms with van der Waals surface area (Å²) in [6.45, 7) is 13.9. The van der Waals surface area contributed by atoms with Gasteiger partial charge < -0.3 is 10.2 Å². The first-order valence-corrected chi connectivity index (χ1v) is 10.2. The SMILES string of the molecule is CC(C)(C)C[SiH2]OCc1cccc(-n2nc(C(C)(C)C)cc2N)c1. The zero-order valence-corrected chi connectivity index (χ0v) is 17.3. The normalized spacial score (nSPS) is 13.1. The number of hydrogen-bond donors (Lipinski definition) is 1. The minimum atomic E-state index is -0.481. The minimum Gasteiger partial charge on any atom is -0.420 e. The molecule has 1 aromatic heterocycles. The summed E-state index contributed by atoms with van der Waals surface area (Å²) < 4.78 is 7.77. The standard InChI is InChI=1S/C19H31N3OSi/c1-18(2,3)13-24-23-12-14-8-7-9-15(10-14)22-17(20)11-16(21-22)19(4,5)6/h7-11H,12-13,20,24H2,1-6H3. The van der Waals surface area contributed by atoms with E-state index in [0.29, 0.717) is 17.8 Å². The Balaban J connectivity index is 2.09. The Morgan fingerprint density at radius 1 is 1.12 bits per heavy atom. The van der Waals surface area contributed by atoms with E-state index in [0.717, 1.165) is 11.4 Å². The lowest BCUT2D eigenvalue weighted by Gasteiger charge is -2.17. The molecule has 0 aliphatic rings. The van der Waals surface area contributed by atoms with Gasteiger partial charge in [0.15, 0.2) is 9.76 Å². The fourth-order valence-corrected chi connectivity index (χ4v) is 3.45. The summed E-state index contributed by atoms with van der Waals surface area (Å²) in [5, 5.41) is 4.68. The van der Waals surface area contributed by atoms with Gasteiger partial charge in [0.2, 0.25) is 0 Å². The monoisotopic (exact) mass is 345 g/mol. The third-order valence-electron chi connectivity index (χ3n) is 3.93. The molecule has 0 bridgehead atoms. The summed E-state index contributed by atoms with van der Waals surface area (Å²) in [7, 11) is -0.481. The van der Waals surface area contributed by atoms with Crippen molar-refractivity contribution < 1.29 is 4.43 Å². The second-order valence-electron chi connectivity index (χ2n) is 8.65. The van der Waals surface area contributed by atoms with E-state index >= 15 is 0 Å². The van der Waals surface area contributed by atoms with E-state index in [1.165, 1.54) is 11.6 Å². The van der Waals surface area contributed by atoms with Crippen molar-refractivity contribution in [3.8, 4) is 5.69 Å². The maximum absolute atomic E-state index is 6.17. The molecule has 2 rings (SSSR count). The number of anilines is 1. The van der Waals surface area contributed by atoms with Gasteiger partial charge in [0.05, 0.1) is 18.0 Å². The van der Waals surface area contributed by atoms with Gasteiger partial charge in [-0.15, -0.1) is 0 Å². The molecule has 0 amide bonds. The fourth-order valence-electron chi connectivity index (χ4n) is 2.32. The third-order valence-corrected chi connectivity index (χ3v) is 6.12. The first kappa shape index (κ1) is 18.7. The van der Waals surface area contributed by atoms with Gasteiger partial charge in [-0.25, -0.2) is 4.68 Å². The molecule has 4 nitrogen and oxygen atoms in total. The Kier molecular flexibility index (Phi) is 5.55. The molecule has 2 N–H and O–H groups in total. The van der Waals surface area contributed by atoms with E-state index in [-0.39, 0.29) is 5.41 Å². The van der Waals surface area contributed by atoms with Crippen LogP contribution in [0.3, 0.4) is 0 Å². The van der Waals surface area contributed by atoms with Crippen LogP contribution in [0.1, 0.15) is 52.8 Å². The molecule has 0 fully saturated rings. The first-order chi connectivity index (χ1) is 11.1. The number of nitrogens with two attached hydrogens (primary N) is 1. The minimum absolute atomic E-state index is 0.0152. The largest absolute Gasteiger partial charge is 0.420 e. The third kappa shape index (κ3) is 5.21. The average Bonchev–Trinajstić information content (AvgIpc) is 2.85. The lowest BCUT2D eigenvalue weighted by Crippen LogP contribution is -2.13. The van der Waals surface area contributed by atoms with Crippen LogP contribution in [0.25, 0.3) is 5.69 Å². The number of benzene rings is 1. The maximum atomic E-state index is 6.17. The second-order valence-corrected chi connectivity index (χ2v) is 9.97. The van der Waals surface area contributed by atoms with Crippen molar-refractivity contribution in [3.05, 3.63) is 41.6 Å². The highest BCUT2D eigenvalue weighted by Crippen LogP contribution is 2.25. The van der Waals surface area contributed by atoms with Gasteiger partial charge in [0, 0.05) is 11.5 Å². The molecule has 0 saturated heterocycles. The van der Waals surface area contributed by atoms with Crippen LogP contribution in [-0.4, -0.2) is 19.5 Å². The molecule has 0 aliphatic carbocycles. The molecule has 0 radical (unpaired) electrons. The van der Waals surface area contributed by atoms with Crippen LogP contribution < -0.4 is 5.73 Å². The Morgan fingerprint density at radius 3 is 2.42 bits per heavy atom. The van der Waals surface area contributed by atoms with Crippen molar-refractivity contribution in [2.24, 2.45) is 5.41 Å². The van der Waals surface area contributed by atoms with Crippen LogP contribution in [0.4, 0.5) is 5.82 Å².